The Kier molecular flexibility index (Phi) is 4.06. The monoisotopic (exact) mass is 166 g/mol. The summed E-state index contributed by atoms with van der Waals surface area (Å²) in [6.45, 7) is 3.68. The number of allylic oxidation sites excluding steroid dienone is 1. The molecule has 68 valence electrons. The van der Waals surface area contributed by atoms with E-state index >= 15 is 0 Å². The highest BCUT2D eigenvalue weighted by atomic mass is 16.1. The average molecular weight is 166 g/mol. The Bertz CT molecular complexity index is 160. The largest absolute Gasteiger partial charge is 0.299 e. The van der Waals surface area contributed by atoms with Crippen LogP contribution < -0.4 is 0 Å². The summed E-state index contributed by atoms with van der Waals surface area (Å²) in [7, 11) is 0. The summed E-state index contributed by atoms with van der Waals surface area (Å²) in [5.74, 6) is 0.920. The van der Waals surface area contributed by atoms with Gasteiger partial charge in [-0.3, -0.25) is 4.79 Å². The van der Waals surface area contributed by atoms with Gasteiger partial charge in [-0.05, 0) is 32.1 Å². The van der Waals surface area contributed by atoms with Crippen molar-refractivity contribution in [3.8, 4) is 0 Å². The maximum atomic E-state index is 11.2. The molecular formula is C11H18O. The van der Waals surface area contributed by atoms with Gasteiger partial charge in [-0.1, -0.05) is 12.5 Å². The van der Waals surface area contributed by atoms with E-state index in [9.17, 15) is 4.79 Å². The average Bonchev–Trinajstić information content (AvgIpc) is 2.46. The van der Waals surface area contributed by atoms with Crippen LogP contribution in [0.15, 0.2) is 12.7 Å². The Labute approximate surface area is 74.9 Å². The highest BCUT2D eigenvalue weighted by Gasteiger charge is 2.23. The van der Waals surface area contributed by atoms with Crippen molar-refractivity contribution in [3.63, 3.8) is 0 Å². The number of rotatable bonds is 5. The topological polar surface area (TPSA) is 17.1 Å². The number of Topliss-reactive ketones (excluding diaryl/α,β-unsaturated/α-hetero) is 1. The number of unbranched alkanes of at least 4 members (excludes halogenated alkanes) is 2. The van der Waals surface area contributed by atoms with Gasteiger partial charge in [0.15, 0.2) is 0 Å². The highest BCUT2D eigenvalue weighted by molar-refractivity contribution is 5.82. The highest BCUT2D eigenvalue weighted by Crippen LogP contribution is 2.26. The van der Waals surface area contributed by atoms with E-state index in [1.807, 2.05) is 6.08 Å². The van der Waals surface area contributed by atoms with Gasteiger partial charge in [0.25, 0.3) is 0 Å². The Morgan fingerprint density at radius 3 is 2.92 bits per heavy atom. The smallest absolute Gasteiger partial charge is 0.135 e. The molecule has 0 aromatic rings. The molecule has 1 aliphatic rings. The van der Waals surface area contributed by atoms with Crippen LogP contribution in [-0.2, 0) is 4.79 Å². The minimum Gasteiger partial charge on any atom is -0.299 e. The molecule has 12 heavy (non-hydrogen) atoms. The van der Waals surface area contributed by atoms with Gasteiger partial charge in [-0.25, -0.2) is 0 Å². The van der Waals surface area contributed by atoms with E-state index in [4.69, 9.17) is 0 Å². The molecule has 0 aromatic heterocycles. The zero-order valence-corrected chi connectivity index (χ0v) is 7.72. The van der Waals surface area contributed by atoms with E-state index < -0.39 is 0 Å². The summed E-state index contributed by atoms with van der Waals surface area (Å²) in [5, 5.41) is 0. The van der Waals surface area contributed by atoms with Crippen LogP contribution in [0.2, 0.25) is 0 Å². The van der Waals surface area contributed by atoms with E-state index in [1.54, 1.807) is 0 Å². The number of hydrogen-bond donors (Lipinski definition) is 0. The van der Waals surface area contributed by atoms with E-state index in [1.165, 1.54) is 12.8 Å². The summed E-state index contributed by atoms with van der Waals surface area (Å²) >= 11 is 0. The van der Waals surface area contributed by atoms with Gasteiger partial charge in [0.05, 0.1) is 0 Å². The lowest BCUT2D eigenvalue weighted by atomic mass is 9.99. The first-order valence-corrected chi connectivity index (χ1v) is 4.98. The molecule has 1 fully saturated rings. The maximum Gasteiger partial charge on any atom is 0.135 e. The molecule has 1 atom stereocenters. The third-order valence-electron chi connectivity index (χ3n) is 2.64. The first-order chi connectivity index (χ1) is 5.84. The van der Waals surface area contributed by atoms with Crippen LogP contribution in [-0.4, -0.2) is 5.78 Å². The second-order valence-corrected chi connectivity index (χ2v) is 3.63. The third-order valence-corrected chi connectivity index (χ3v) is 2.64. The zero-order chi connectivity index (χ0) is 8.81. The van der Waals surface area contributed by atoms with Crippen molar-refractivity contribution in [3.05, 3.63) is 12.7 Å². The molecule has 0 radical (unpaired) electrons. The van der Waals surface area contributed by atoms with Crippen LogP contribution in [0, 0.1) is 5.92 Å². The minimum atomic E-state index is 0.412. The molecule has 1 aliphatic carbocycles. The Hall–Kier alpha value is -0.590. The van der Waals surface area contributed by atoms with Crippen molar-refractivity contribution >= 4 is 5.78 Å². The Morgan fingerprint density at radius 2 is 2.33 bits per heavy atom. The molecule has 1 heteroatoms. The zero-order valence-electron chi connectivity index (χ0n) is 7.72. The van der Waals surface area contributed by atoms with Gasteiger partial charge in [0, 0.05) is 12.3 Å². The third kappa shape index (κ3) is 2.80. The predicted molar refractivity (Wildman–Crippen MR) is 51.0 cm³/mol. The van der Waals surface area contributed by atoms with Gasteiger partial charge in [0.2, 0.25) is 0 Å². The normalized spacial score (nSPS) is 23.0. The number of carbonyl (C=O) groups is 1. The molecular weight excluding hydrogens is 148 g/mol. The second-order valence-electron chi connectivity index (χ2n) is 3.63. The molecule has 0 aliphatic heterocycles. The molecule has 0 N–H and O–H groups in total. The Balaban J connectivity index is 2.06. The predicted octanol–water partition coefficient (Wildman–Crippen LogP) is 3.10. The molecule has 0 amide bonds. The van der Waals surface area contributed by atoms with Crippen LogP contribution in [0.25, 0.3) is 0 Å². The molecule has 1 saturated carbocycles. The maximum absolute atomic E-state index is 11.2. The van der Waals surface area contributed by atoms with Gasteiger partial charge < -0.3 is 0 Å². The fourth-order valence-corrected chi connectivity index (χ4v) is 1.87. The number of ketones is 1. The lowest BCUT2D eigenvalue weighted by Crippen LogP contribution is -2.05. The fourth-order valence-electron chi connectivity index (χ4n) is 1.87. The number of hydrogen-bond acceptors (Lipinski definition) is 1. The SMILES string of the molecule is C=CCCCC[C@H]1CCCC1=O. The van der Waals surface area contributed by atoms with Crippen molar-refractivity contribution < 1.29 is 4.79 Å². The second kappa shape index (κ2) is 5.13. The van der Waals surface area contributed by atoms with Gasteiger partial charge in [-0.2, -0.15) is 0 Å². The van der Waals surface area contributed by atoms with Crippen LogP contribution in [0.3, 0.4) is 0 Å². The lowest BCUT2D eigenvalue weighted by molar-refractivity contribution is -0.120. The van der Waals surface area contributed by atoms with Crippen molar-refractivity contribution in [2.24, 2.45) is 5.92 Å². The summed E-state index contributed by atoms with van der Waals surface area (Å²) in [6.07, 6.45) is 9.68. The van der Waals surface area contributed by atoms with Crippen LogP contribution in [0.1, 0.15) is 44.9 Å². The van der Waals surface area contributed by atoms with Crippen molar-refractivity contribution in [1.29, 1.82) is 0 Å². The molecule has 0 unspecified atom stereocenters. The molecule has 0 bridgehead atoms. The summed E-state index contributed by atoms with van der Waals surface area (Å²) in [5.41, 5.74) is 0. The minimum absolute atomic E-state index is 0.412. The first kappa shape index (κ1) is 9.50. The van der Waals surface area contributed by atoms with Crippen molar-refractivity contribution in [1.82, 2.24) is 0 Å². The fraction of sp³-hybridized carbons (Fsp3) is 0.727. The summed E-state index contributed by atoms with van der Waals surface area (Å²) in [6, 6.07) is 0. The molecule has 0 spiro atoms. The van der Waals surface area contributed by atoms with E-state index in [2.05, 4.69) is 6.58 Å². The lowest BCUT2D eigenvalue weighted by Gasteiger charge is -2.05. The van der Waals surface area contributed by atoms with Crippen molar-refractivity contribution in [2.45, 2.75) is 44.9 Å². The van der Waals surface area contributed by atoms with E-state index in [0.717, 1.165) is 32.1 Å². The van der Waals surface area contributed by atoms with Crippen LogP contribution in [0.4, 0.5) is 0 Å². The van der Waals surface area contributed by atoms with Crippen LogP contribution in [0.5, 0.6) is 0 Å². The van der Waals surface area contributed by atoms with E-state index in [0.29, 0.717) is 11.7 Å². The van der Waals surface area contributed by atoms with Gasteiger partial charge in [0.1, 0.15) is 5.78 Å². The van der Waals surface area contributed by atoms with Gasteiger partial charge >= 0.3 is 0 Å². The molecule has 0 aromatic carbocycles. The molecule has 1 rings (SSSR count). The quantitative estimate of drug-likeness (QED) is 0.453. The van der Waals surface area contributed by atoms with Gasteiger partial charge in [-0.15, -0.1) is 6.58 Å². The molecule has 1 nitrogen and oxygen atoms in total. The van der Waals surface area contributed by atoms with Crippen LogP contribution >= 0.6 is 0 Å². The number of carbonyl (C=O) groups excluding carboxylic acids is 1. The van der Waals surface area contributed by atoms with E-state index in [-0.39, 0.29) is 0 Å². The molecule has 0 saturated heterocycles. The first-order valence-electron chi connectivity index (χ1n) is 4.98. The summed E-state index contributed by atoms with van der Waals surface area (Å²) < 4.78 is 0. The summed E-state index contributed by atoms with van der Waals surface area (Å²) in [4.78, 5) is 11.2. The standard InChI is InChI=1S/C11H18O/c1-2-3-4-5-7-10-8-6-9-11(10)12/h2,10H,1,3-9H2/t10-/m0/s1. The molecule has 0 heterocycles. The van der Waals surface area contributed by atoms with Crippen molar-refractivity contribution in [2.75, 3.05) is 0 Å². The Morgan fingerprint density at radius 1 is 1.50 bits per heavy atom.